The van der Waals surface area contributed by atoms with E-state index in [4.69, 9.17) is 23.2 Å². The fourth-order valence-electron chi connectivity index (χ4n) is 1.77. The van der Waals surface area contributed by atoms with Crippen molar-refractivity contribution in [3.63, 3.8) is 0 Å². The zero-order chi connectivity index (χ0) is 11.4. The average molecular weight is 261 g/mol. The summed E-state index contributed by atoms with van der Waals surface area (Å²) in [6.45, 7) is 2.80. The van der Waals surface area contributed by atoms with Crippen LogP contribution in [0.2, 0.25) is 10.4 Å². The molecular formula is C10H14Cl2N4. The summed E-state index contributed by atoms with van der Waals surface area (Å²) < 4.78 is 0. The zero-order valence-electron chi connectivity index (χ0n) is 8.84. The van der Waals surface area contributed by atoms with E-state index in [2.05, 4.69) is 20.6 Å². The van der Waals surface area contributed by atoms with E-state index in [0.717, 1.165) is 18.7 Å². The van der Waals surface area contributed by atoms with Crippen LogP contribution < -0.4 is 10.6 Å². The zero-order valence-corrected chi connectivity index (χ0v) is 10.4. The summed E-state index contributed by atoms with van der Waals surface area (Å²) in [7, 11) is 0. The van der Waals surface area contributed by atoms with Crippen molar-refractivity contribution in [2.24, 2.45) is 0 Å². The quantitative estimate of drug-likeness (QED) is 0.641. The molecule has 16 heavy (non-hydrogen) atoms. The second-order valence-electron chi connectivity index (χ2n) is 3.88. The Morgan fingerprint density at radius 3 is 3.06 bits per heavy atom. The number of piperidine rings is 1. The maximum absolute atomic E-state index is 5.96. The van der Waals surface area contributed by atoms with Gasteiger partial charge in [0.1, 0.15) is 5.15 Å². The van der Waals surface area contributed by atoms with Crippen LogP contribution in [-0.2, 0) is 6.54 Å². The molecule has 6 heteroatoms. The Morgan fingerprint density at radius 1 is 1.50 bits per heavy atom. The molecule has 1 aromatic rings. The Balaban J connectivity index is 1.88. The number of nitrogens with one attached hydrogen (secondary N) is 2. The number of hydrogen-bond donors (Lipinski definition) is 2. The van der Waals surface area contributed by atoms with Gasteiger partial charge in [-0.1, -0.05) is 11.6 Å². The van der Waals surface area contributed by atoms with E-state index in [-0.39, 0.29) is 5.28 Å². The number of nitrogens with zero attached hydrogens (tertiary/aromatic N) is 2. The molecule has 0 radical (unpaired) electrons. The van der Waals surface area contributed by atoms with Crippen LogP contribution in [0, 0.1) is 0 Å². The molecule has 1 fully saturated rings. The predicted octanol–water partition coefficient (Wildman–Crippen LogP) is 1.62. The first kappa shape index (κ1) is 12.0. The first-order chi connectivity index (χ1) is 7.75. The third-order valence-corrected chi connectivity index (χ3v) is 3.17. The molecule has 0 aromatic carbocycles. The highest BCUT2D eigenvalue weighted by Crippen LogP contribution is 2.14. The number of rotatable bonds is 3. The van der Waals surface area contributed by atoms with Gasteiger partial charge in [-0.05, 0) is 31.0 Å². The Labute approximate surface area is 105 Å². The van der Waals surface area contributed by atoms with Crippen molar-refractivity contribution < 1.29 is 0 Å². The fourth-order valence-corrected chi connectivity index (χ4v) is 2.14. The highest BCUT2D eigenvalue weighted by atomic mass is 35.5. The minimum Gasteiger partial charge on any atom is -0.315 e. The molecule has 1 saturated heterocycles. The van der Waals surface area contributed by atoms with Gasteiger partial charge < -0.3 is 10.6 Å². The van der Waals surface area contributed by atoms with Crippen LogP contribution in [0.1, 0.15) is 18.4 Å². The lowest BCUT2D eigenvalue weighted by Gasteiger charge is -2.23. The molecule has 1 atom stereocenters. The van der Waals surface area contributed by atoms with Gasteiger partial charge in [0, 0.05) is 30.9 Å². The maximum atomic E-state index is 5.96. The highest BCUT2D eigenvalue weighted by Gasteiger charge is 2.13. The third kappa shape index (κ3) is 3.28. The summed E-state index contributed by atoms with van der Waals surface area (Å²) in [4.78, 5) is 7.82. The van der Waals surface area contributed by atoms with Gasteiger partial charge in [-0.15, -0.1) is 0 Å². The summed E-state index contributed by atoms with van der Waals surface area (Å²) in [5, 5.41) is 7.39. The summed E-state index contributed by atoms with van der Waals surface area (Å²) in [6.07, 6.45) is 4.07. The fraction of sp³-hybridized carbons (Fsp3) is 0.600. The van der Waals surface area contributed by atoms with E-state index >= 15 is 0 Å². The van der Waals surface area contributed by atoms with Gasteiger partial charge in [-0.3, -0.25) is 0 Å². The monoisotopic (exact) mass is 260 g/mol. The van der Waals surface area contributed by atoms with E-state index in [0.29, 0.717) is 17.7 Å². The predicted molar refractivity (Wildman–Crippen MR) is 64.8 cm³/mol. The van der Waals surface area contributed by atoms with Crippen molar-refractivity contribution in [1.82, 2.24) is 20.6 Å². The molecule has 2 heterocycles. The Bertz CT molecular complexity index is 353. The highest BCUT2D eigenvalue weighted by molar-refractivity contribution is 6.32. The number of halogens is 2. The van der Waals surface area contributed by atoms with Gasteiger partial charge in [0.15, 0.2) is 0 Å². The molecular weight excluding hydrogens is 247 g/mol. The van der Waals surface area contributed by atoms with E-state index in [1.165, 1.54) is 12.8 Å². The lowest BCUT2D eigenvalue weighted by Crippen LogP contribution is -2.42. The van der Waals surface area contributed by atoms with Crippen LogP contribution in [0.25, 0.3) is 0 Å². The Hall–Kier alpha value is -0.420. The lowest BCUT2D eigenvalue weighted by atomic mass is 10.1. The van der Waals surface area contributed by atoms with Crippen LogP contribution in [-0.4, -0.2) is 29.1 Å². The topological polar surface area (TPSA) is 49.8 Å². The van der Waals surface area contributed by atoms with Crippen LogP contribution in [0.3, 0.4) is 0 Å². The van der Waals surface area contributed by atoms with Crippen molar-refractivity contribution in [3.8, 4) is 0 Å². The molecule has 0 amide bonds. The molecule has 88 valence electrons. The van der Waals surface area contributed by atoms with Gasteiger partial charge in [0.2, 0.25) is 5.28 Å². The molecule has 0 saturated carbocycles. The summed E-state index contributed by atoms with van der Waals surface area (Å²) in [6, 6.07) is 0.500. The second-order valence-corrected chi connectivity index (χ2v) is 4.58. The van der Waals surface area contributed by atoms with Gasteiger partial charge in [-0.25, -0.2) is 9.97 Å². The van der Waals surface area contributed by atoms with Gasteiger partial charge >= 0.3 is 0 Å². The molecule has 0 spiro atoms. The Kier molecular flexibility index (Phi) is 4.35. The van der Waals surface area contributed by atoms with E-state index in [1.54, 1.807) is 6.20 Å². The van der Waals surface area contributed by atoms with Crippen molar-refractivity contribution in [3.05, 3.63) is 22.2 Å². The smallest absolute Gasteiger partial charge is 0.223 e. The van der Waals surface area contributed by atoms with Gasteiger partial charge in [-0.2, -0.15) is 0 Å². The molecule has 1 aliphatic rings. The SMILES string of the molecule is Clc1ncc(CNC2CCCNC2)c(Cl)n1. The van der Waals surface area contributed by atoms with Crippen LogP contribution in [0.15, 0.2) is 6.20 Å². The molecule has 1 aromatic heterocycles. The summed E-state index contributed by atoms with van der Waals surface area (Å²) in [5.41, 5.74) is 0.886. The molecule has 0 aliphatic carbocycles. The van der Waals surface area contributed by atoms with Crippen molar-refractivity contribution >= 4 is 23.2 Å². The summed E-state index contributed by atoms with van der Waals surface area (Å²) >= 11 is 11.6. The van der Waals surface area contributed by atoms with Gasteiger partial charge in [0.25, 0.3) is 0 Å². The van der Waals surface area contributed by atoms with Crippen molar-refractivity contribution in [2.45, 2.75) is 25.4 Å². The molecule has 4 nitrogen and oxygen atoms in total. The number of aromatic nitrogens is 2. The molecule has 1 unspecified atom stereocenters. The molecule has 0 bridgehead atoms. The van der Waals surface area contributed by atoms with E-state index in [9.17, 15) is 0 Å². The van der Waals surface area contributed by atoms with Crippen molar-refractivity contribution in [2.75, 3.05) is 13.1 Å². The summed E-state index contributed by atoms with van der Waals surface area (Å²) in [5.74, 6) is 0. The van der Waals surface area contributed by atoms with E-state index in [1.807, 2.05) is 0 Å². The molecule has 2 rings (SSSR count). The van der Waals surface area contributed by atoms with Crippen LogP contribution in [0.4, 0.5) is 0 Å². The number of hydrogen-bond acceptors (Lipinski definition) is 4. The largest absolute Gasteiger partial charge is 0.315 e. The first-order valence-electron chi connectivity index (χ1n) is 5.37. The minimum atomic E-state index is 0.188. The Morgan fingerprint density at radius 2 is 2.38 bits per heavy atom. The first-order valence-corrected chi connectivity index (χ1v) is 6.12. The second kappa shape index (κ2) is 5.77. The van der Waals surface area contributed by atoms with E-state index < -0.39 is 0 Å². The normalized spacial score (nSPS) is 21.0. The lowest BCUT2D eigenvalue weighted by molar-refractivity contribution is 0.389. The third-order valence-electron chi connectivity index (χ3n) is 2.66. The van der Waals surface area contributed by atoms with Crippen LogP contribution in [0.5, 0.6) is 0 Å². The maximum Gasteiger partial charge on any atom is 0.223 e. The van der Waals surface area contributed by atoms with Crippen molar-refractivity contribution in [1.29, 1.82) is 0 Å². The van der Waals surface area contributed by atoms with Crippen LogP contribution >= 0.6 is 23.2 Å². The standard InChI is InChI=1S/C10H14Cl2N4/c11-9-7(5-15-10(12)16-9)4-14-8-2-1-3-13-6-8/h5,8,13-14H,1-4,6H2. The molecule has 2 N–H and O–H groups in total. The molecule has 1 aliphatic heterocycles. The van der Waals surface area contributed by atoms with Gasteiger partial charge in [0.05, 0.1) is 0 Å². The average Bonchev–Trinajstić information content (AvgIpc) is 2.29. The minimum absolute atomic E-state index is 0.188.